The first-order valence-electron chi connectivity index (χ1n) is 8.20. The molecule has 134 valence electrons. The van der Waals surface area contributed by atoms with Gasteiger partial charge in [0.2, 0.25) is 11.8 Å². The minimum atomic E-state index is -0.191. The largest absolute Gasteiger partial charge is 0.497 e. The third kappa shape index (κ3) is 3.31. The summed E-state index contributed by atoms with van der Waals surface area (Å²) < 4.78 is 16.0. The van der Waals surface area contributed by atoms with Gasteiger partial charge in [-0.25, -0.2) is 0 Å². The Morgan fingerprint density at radius 1 is 1.24 bits per heavy atom. The van der Waals surface area contributed by atoms with Crippen LogP contribution < -0.4 is 14.4 Å². The number of methoxy groups -OCH3 is 2. The van der Waals surface area contributed by atoms with E-state index in [-0.39, 0.29) is 17.2 Å². The smallest absolute Gasteiger partial charge is 0.232 e. The first-order valence-corrected chi connectivity index (χ1v) is 8.20. The molecule has 0 saturated carbocycles. The molecule has 1 aliphatic heterocycles. The molecular weight excluding hydrogens is 322 g/mol. The van der Waals surface area contributed by atoms with E-state index in [1.807, 2.05) is 32.9 Å². The molecule has 2 aromatic rings. The van der Waals surface area contributed by atoms with Gasteiger partial charge in [0.15, 0.2) is 5.82 Å². The summed E-state index contributed by atoms with van der Waals surface area (Å²) in [6, 6.07) is 5.40. The fraction of sp³-hybridized carbons (Fsp3) is 0.500. The molecule has 0 spiro atoms. The number of carbonyl (C=O) groups excluding carboxylic acids is 1. The molecule has 1 aromatic heterocycles. The van der Waals surface area contributed by atoms with Crippen molar-refractivity contribution in [1.82, 2.24) is 10.1 Å². The molecule has 0 bridgehead atoms. The van der Waals surface area contributed by atoms with Crippen LogP contribution in [0.3, 0.4) is 0 Å². The number of aromatic nitrogens is 2. The number of nitrogens with zero attached hydrogens (tertiary/aromatic N) is 3. The second-order valence-corrected chi connectivity index (χ2v) is 7.15. The van der Waals surface area contributed by atoms with Gasteiger partial charge < -0.3 is 18.9 Å². The highest BCUT2D eigenvalue weighted by molar-refractivity contribution is 5.97. The molecule has 0 aliphatic carbocycles. The van der Waals surface area contributed by atoms with Crippen LogP contribution in [-0.2, 0) is 10.2 Å². The normalized spacial score (nSPS) is 17.9. The van der Waals surface area contributed by atoms with Gasteiger partial charge in [0, 0.05) is 24.4 Å². The predicted molar refractivity (Wildman–Crippen MR) is 92.3 cm³/mol. The van der Waals surface area contributed by atoms with Crippen molar-refractivity contribution in [2.75, 3.05) is 25.7 Å². The van der Waals surface area contributed by atoms with Crippen molar-refractivity contribution < 1.29 is 18.8 Å². The Hall–Kier alpha value is -2.57. The summed E-state index contributed by atoms with van der Waals surface area (Å²) in [6.45, 7) is 6.55. The average Bonchev–Trinajstić information content (AvgIpc) is 3.20. The number of carbonyl (C=O) groups is 1. The lowest BCUT2D eigenvalue weighted by Gasteiger charge is -2.19. The van der Waals surface area contributed by atoms with Gasteiger partial charge in [-0.15, -0.1) is 0 Å². The van der Waals surface area contributed by atoms with E-state index in [0.717, 1.165) is 0 Å². The van der Waals surface area contributed by atoms with Crippen LogP contribution >= 0.6 is 0 Å². The predicted octanol–water partition coefficient (Wildman–Crippen LogP) is 2.90. The molecule has 3 rings (SSSR count). The standard InChI is InChI=1S/C18H23N3O4/c1-18(2,3)17-19-16(25-20-17)11-8-15(22)21(10-11)13-7-6-12(23-4)9-14(13)24-5/h6-7,9,11H,8,10H2,1-5H3. The van der Waals surface area contributed by atoms with E-state index in [4.69, 9.17) is 14.0 Å². The van der Waals surface area contributed by atoms with Crippen molar-refractivity contribution in [3.05, 3.63) is 29.9 Å². The summed E-state index contributed by atoms with van der Waals surface area (Å²) >= 11 is 0. The molecule has 1 fully saturated rings. The molecule has 1 unspecified atom stereocenters. The fourth-order valence-corrected chi connectivity index (χ4v) is 2.82. The maximum Gasteiger partial charge on any atom is 0.232 e. The lowest BCUT2D eigenvalue weighted by atomic mass is 9.96. The Morgan fingerprint density at radius 2 is 2.00 bits per heavy atom. The van der Waals surface area contributed by atoms with Gasteiger partial charge in [-0.1, -0.05) is 25.9 Å². The van der Waals surface area contributed by atoms with Crippen molar-refractivity contribution in [1.29, 1.82) is 0 Å². The van der Waals surface area contributed by atoms with E-state index in [9.17, 15) is 4.79 Å². The third-order valence-corrected chi connectivity index (χ3v) is 4.26. The summed E-state index contributed by atoms with van der Waals surface area (Å²) in [7, 11) is 3.16. The van der Waals surface area contributed by atoms with Gasteiger partial charge in [0.05, 0.1) is 25.8 Å². The van der Waals surface area contributed by atoms with Crippen molar-refractivity contribution in [3.63, 3.8) is 0 Å². The third-order valence-electron chi connectivity index (χ3n) is 4.26. The molecule has 7 nitrogen and oxygen atoms in total. The first kappa shape index (κ1) is 17.3. The van der Waals surface area contributed by atoms with Crippen LogP contribution in [0, 0.1) is 0 Å². The van der Waals surface area contributed by atoms with Crippen molar-refractivity contribution in [3.8, 4) is 11.5 Å². The number of rotatable bonds is 4. The van der Waals surface area contributed by atoms with Crippen LogP contribution in [0.2, 0.25) is 0 Å². The van der Waals surface area contributed by atoms with Crippen LogP contribution in [0.5, 0.6) is 11.5 Å². The van der Waals surface area contributed by atoms with Crippen molar-refractivity contribution in [2.24, 2.45) is 0 Å². The van der Waals surface area contributed by atoms with Gasteiger partial charge in [-0.3, -0.25) is 4.79 Å². The van der Waals surface area contributed by atoms with E-state index in [2.05, 4.69) is 10.1 Å². The lowest BCUT2D eigenvalue weighted by Crippen LogP contribution is -2.24. The summed E-state index contributed by atoms with van der Waals surface area (Å²) in [5.74, 6) is 2.31. The molecule has 1 amide bonds. The maximum atomic E-state index is 12.5. The highest BCUT2D eigenvalue weighted by Crippen LogP contribution is 2.38. The van der Waals surface area contributed by atoms with Gasteiger partial charge in [-0.2, -0.15) is 4.98 Å². The zero-order valence-electron chi connectivity index (χ0n) is 15.2. The Labute approximate surface area is 146 Å². The molecule has 1 saturated heterocycles. The number of hydrogen-bond acceptors (Lipinski definition) is 6. The molecule has 1 atom stereocenters. The highest BCUT2D eigenvalue weighted by Gasteiger charge is 2.37. The molecule has 2 heterocycles. The van der Waals surface area contributed by atoms with E-state index in [1.165, 1.54) is 0 Å². The zero-order valence-corrected chi connectivity index (χ0v) is 15.2. The maximum absolute atomic E-state index is 12.5. The van der Waals surface area contributed by atoms with E-state index in [0.29, 0.717) is 41.9 Å². The Bertz CT molecular complexity index is 779. The SMILES string of the molecule is COc1ccc(N2CC(c3nc(C(C)(C)C)no3)CC2=O)c(OC)c1. The van der Waals surface area contributed by atoms with Gasteiger partial charge in [-0.05, 0) is 12.1 Å². The first-order chi connectivity index (χ1) is 11.8. The van der Waals surface area contributed by atoms with Gasteiger partial charge >= 0.3 is 0 Å². The zero-order chi connectivity index (χ0) is 18.2. The van der Waals surface area contributed by atoms with Crippen LogP contribution in [0.1, 0.15) is 44.8 Å². The van der Waals surface area contributed by atoms with Crippen LogP contribution in [0.4, 0.5) is 5.69 Å². The van der Waals surface area contributed by atoms with Crippen molar-refractivity contribution >= 4 is 11.6 Å². The average molecular weight is 345 g/mol. The fourth-order valence-electron chi connectivity index (χ4n) is 2.82. The van der Waals surface area contributed by atoms with Crippen LogP contribution in [0.25, 0.3) is 0 Å². The topological polar surface area (TPSA) is 77.7 Å². The highest BCUT2D eigenvalue weighted by atomic mass is 16.5. The lowest BCUT2D eigenvalue weighted by molar-refractivity contribution is -0.117. The minimum absolute atomic E-state index is 0.00368. The molecule has 1 aliphatic rings. The van der Waals surface area contributed by atoms with Gasteiger partial charge in [0.1, 0.15) is 11.5 Å². The molecule has 0 radical (unpaired) electrons. The quantitative estimate of drug-likeness (QED) is 0.848. The Kier molecular flexibility index (Phi) is 4.41. The second kappa shape index (κ2) is 6.38. The summed E-state index contributed by atoms with van der Waals surface area (Å²) in [4.78, 5) is 18.7. The van der Waals surface area contributed by atoms with Crippen LogP contribution in [-0.4, -0.2) is 36.8 Å². The number of benzene rings is 1. The van der Waals surface area contributed by atoms with Crippen LogP contribution in [0.15, 0.2) is 22.7 Å². The summed E-state index contributed by atoms with van der Waals surface area (Å²) in [6.07, 6.45) is 0.334. The van der Waals surface area contributed by atoms with E-state index in [1.54, 1.807) is 25.2 Å². The molecular formula is C18H23N3O4. The molecule has 0 N–H and O–H groups in total. The minimum Gasteiger partial charge on any atom is -0.497 e. The summed E-state index contributed by atoms with van der Waals surface area (Å²) in [5, 5.41) is 4.05. The number of amides is 1. The molecule has 25 heavy (non-hydrogen) atoms. The van der Waals surface area contributed by atoms with E-state index < -0.39 is 0 Å². The number of hydrogen-bond donors (Lipinski definition) is 0. The Balaban J connectivity index is 1.85. The number of anilines is 1. The van der Waals surface area contributed by atoms with E-state index >= 15 is 0 Å². The summed E-state index contributed by atoms with van der Waals surface area (Å²) in [5.41, 5.74) is 0.523. The second-order valence-electron chi connectivity index (χ2n) is 7.15. The molecule has 1 aromatic carbocycles. The van der Waals surface area contributed by atoms with Gasteiger partial charge in [0.25, 0.3) is 0 Å². The number of ether oxygens (including phenoxy) is 2. The monoisotopic (exact) mass is 345 g/mol. The van der Waals surface area contributed by atoms with Crippen molar-refractivity contribution in [2.45, 2.75) is 38.5 Å². The Morgan fingerprint density at radius 3 is 2.60 bits per heavy atom. The molecule has 7 heteroatoms.